The van der Waals surface area contributed by atoms with Gasteiger partial charge >= 0.3 is 6.03 Å². The highest BCUT2D eigenvalue weighted by Crippen LogP contribution is 2.31. The van der Waals surface area contributed by atoms with E-state index in [-0.39, 0.29) is 6.03 Å². The van der Waals surface area contributed by atoms with E-state index in [4.69, 9.17) is 9.47 Å². The van der Waals surface area contributed by atoms with E-state index in [1.54, 1.807) is 14.2 Å². The Hall–Kier alpha value is -1.79. The standard InChI is InChI=1S/C23H37N3O3/c1-28-17-16-26(18-20-6-5-15-25-14-4-3-7-22(20)25)23(27)24-13-12-19-8-10-21(29-2)11-9-19/h8-11,20,22H,3-7,12-18H2,1-2H3,(H,24,27). The molecular formula is C23H37N3O3. The van der Waals surface area contributed by atoms with Gasteiger partial charge < -0.3 is 24.6 Å². The Morgan fingerprint density at radius 2 is 1.93 bits per heavy atom. The smallest absolute Gasteiger partial charge is 0.317 e. The molecule has 6 nitrogen and oxygen atoms in total. The molecule has 1 N–H and O–H groups in total. The van der Waals surface area contributed by atoms with Gasteiger partial charge in [-0.2, -0.15) is 0 Å². The average molecular weight is 404 g/mol. The molecule has 0 aromatic heterocycles. The largest absolute Gasteiger partial charge is 0.497 e. The van der Waals surface area contributed by atoms with E-state index in [0.29, 0.717) is 31.7 Å². The van der Waals surface area contributed by atoms with E-state index >= 15 is 0 Å². The van der Waals surface area contributed by atoms with Crippen LogP contribution in [-0.4, -0.2) is 75.4 Å². The minimum Gasteiger partial charge on any atom is -0.497 e. The molecule has 2 fully saturated rings. The highest BCUT2D eigenvalue weighted by atomic mass is 16.5. The Morgan fingerprint density at radius 3 is 2.69 bits per heavy atom. The van der Waals surface area contributed by atoms with Crippen LogP contribution in [0.5, 0.6) is 5.75 Å². The maximum atomic E-state index is 12.9. The van der Waals surface area contributed by atoms with Crippen molar-refractivity contribution in [1.29, 1.82) is 0 Å². The third kappa shape index (κ3) is 6.34. The molecule has 2 amide bonds. The van der Waals surface area contributed by atoms with Crippen molar-refractivity contribution in [3.63, 3.8) is 0 Å². The number of amides is 2. The molecule has 1 aromatic carbocycles. The summed E-state index contributed by atoms with van der Waals surface area (Å²) in [7, 11) is 3.37. The number of nitrogens with one attached hydrogen (secondary N) is 1. The predicted molar refractivity (Wildman–Crippen MR) is 115 cm³/mol. The molecule has 2 aliphatic heterocycles. The van der Waals surface area contributed by atoms with Crippen molar-refractivity contribution in [2.75, 3.05) is 53.6 Å². The third-order valence-electron chi connectivity index (χ3n) is 6.39. The summed E-state index contributed by atoms with van der Waals surface area (Å²) < 4.78 is 10.5. The van der Waals surface area contributed by atoms with E-state index in [2.05, 4.69) is 10.2 Å². The van der Waals surface area contributed by atoms with Crippen LogP contribution in [-0.2, 0) is 11.2 Å². The summed E-state index contributed by atoms with van der Waals surface area (Å²) in [5.41, 5.74) is 1.19. The molecule has 3 rings (SSSR count). The van der Waals surface area contributed by atoms with Crippen LogP contribution < -0.4 is 10.1 Å². The van der Waals surface area contributed by atoms with Crippen LogP contribution in [0.4, 0.5) is 4.79 Å². The van der Waals surface area contributed by atoms with Gasteiger partial charge in [0.1, 0.15) is 5.75 Å². The number of hydrogen-bond donors (Lipinski definition) is 1. The topological polar surface area (TPSA) is 54.0 Å². The van der Waals surface area contributed by atoms with Crippen LogP contribution >= 0.6 is 0 Å². The maximum absolute atomic E-state index is 12.9. The number of fused-ring (bicyclic) bond motifs is 1. The Labute approximate surface area is 175 Å². The zero-order chi connectivity index (χ0) is 20.5. The van der Waals surface area contributed by atoms with Crippen molar-refractivity contribution in [3.8, 4) is 5.75 Å². The lowest BCUT2D eigenvalue weighted by Crippen LogP contribution is -2.53. The summed E-state index contributed by atoms with van der Waals surface area (Å²) in [5.74, 6) is 1.43. The molecule has 0 saturated carbocycles. The SMILES string of the molecule is COCCN(CC1CCCN2CCCCC12)C(=O)NCCc1ccc(OC)cc1. The summed E-state index contributed by atoms with van der Waals surface area (Å²) in [6.07, 6.45) is 7.21. The van der Waals surface area contributed by atoms with Crippen LogP contribution in [0.3, 0.4) is 0 Å². The fourth-order valence-corrected chi connectivity index (χ4v) is 4.77. The normalized spacial score (nSPS) is 22.0. The first-order valence-corrected chi connectivity index (χ1v) is 11.1. The third-order valence-corrected chi connectivity index (χ3v) is 6.39. The number of rotatable bonds is 9. The molecule has 0 radical (unpaired) electrons. The average Bonchev–Trinajstić information content (AvgIpc) is 2.77. The van der Waals surface area contributed by atoms with Crippen molar-refractivity contribution in [2.45, 2.75) is 44.6 Å². The second-order valence-electron chi connectivity index (χ2n) is 8.27. The zero-order valence-corrected chi connectivity index (χ0v) is 18.1. The fraction of sp³-hybridized carbons (Fsp3) is 0.696. The van der Waals surface area contributed by atoms with Crippen LogP contribution in [0, 0.1) is 5.92 Å². The molecule has 2 aliphatic rings. The summed E-state index contributed by atoms with van der Waals surface area (Å²) in [6, 6.07) is 8.70. The van der Waals surface area contributed by atoms with Gasteiger partial charge in [-0.25, -0.2) is 4.79 Å². The number of piperidine rings is 2. The predicted octanol–water partition coefficient (Wildman–Crippen LogP) is 3.16. The first kappa shape index (κ1) is 21.9. The second kappa shape index (κ2) is 11.4. The summed E-state index contributed by atoms with van der Waals surface area (Å²) in [4.78, 5) is 17.5. The number of benzene rings is 1. The van der Waals surface area contributed by atoms with E-state index in [1.807, 2.05) is 29.2 Å². The van der Waals surface area contributed by atoms with Crippen LogP contribution in [0.2, 0.25) is 0 Å². The summed E-state index contributed by atoms with van der Waals surface area (Å²) >= 11 is 0. The minimum absolute atomic E-state index is 0.0310. The Balaban J connectivity index is 1.51. The molecule has 162 valence electrons. The first-order valence-electron chi connectivity index (χ1n) is 11.1. The molecule has 6 heteroatoms. The van der Waals surface area contributed by atoms with Crippen molar-refractivity contribution in [2.24, 2.45) is 5.92 Å². The summed E-state index contributed by atoms with van der Waals surface area (Å²) in [6.45, 7) is 5.15. The number of urea groups is 1. The van der Waals surface area contributed by atoms with Gasteiger partial charge in [-0.3, -0.25) is 0 Å². The van der Waals surface area contributed by atoms with Gasteiger partial charge in [0, 0.05) is 32.8 Å². The second-order valence-corrected chi connectivity index (χ2v) is 8.27. The molecular weight excluding hydrogens is 366 g/mol. The summed E-state index contributed by atoms with van der Waals surface area (Å²) in [5, 5.41) is 3.12. The van der Waals surface area contributed by atoms with Gasteiger partial charge in [-0.05, 0) is 68.8 Å². The lowest BCUT2D eigenvalue weighted by Gasteiger charge is -2.45. The number of carbonyl (C=O) groups is 1. The molecule has 29 heavy (non-hydrogen) atoms. The van der Waals surface area contributed by atoms with E-state index in [0.717, 1.165) is 18.7 Å². The number of hydrogen-bond acceptors (Lipinski definition) is 4. The molecule has 2 atom stereocenters. The van der Waals surface area contributed by atoms with Gasteiger partial charge in [0.15, 0.2) is 0 Å². The highest BCUT2D eigenvalue weighted by molar-refractivity contribution is 5.74. The van der Waals surface area contributed by atoms with E-state index in [1.165, 1.54) is 50.8 Å². The van der Waals surface area contributed by atoms with Crippen molar-refractivity contribution >= 4 is 6.03 Å². The molecule has 2 unspecified atom stereocenters. The lowest BCUT2D eigenvalue weighted by molar-refractivity contribution is 0.0421. The van der Waals surface area contributed by atoms with Crippen molar-refractivity contribution in [1.82, 2.24) is 15.1 Å². The molecule has 1 aromatic rings. The number of carbonyl (C=O) groups excluding carboxylic acids is 1. The fourth-order valence-electron chi connectivity index (χ4n) is 4.77. The van der Waals surface area contributed by atoms with E-state index < -0.39 is 0 Å². The van der Waals surface area contributed by atoms with E-state index in [9.17, 15) is 4.79 Å². The monoisotopic (exact) mass is 403 g/mol. The molecule has 2 saturated heterocycles. The van der Waals surface area contributed by atoms with Crippen molar-refractivity contribution in [3.05, 3.63) is 29.8 Å². The number of nitrogens with zero attached hydrogens (tertiary/aromatic N) is 2. The molecule has 0 bridgehead atoms. The Kier molecular flexibility index (Phi) is 8.62. The van der Waals surface area contributed by atoms with Crippen molar-refractivity contribution < 1.29 is 14.3 Å². The van der Waals surface area contributed by atoms with Gasteiger partial charge in [0.05, 0.1) is 13.7 Å². The lowest BCUT2D eigenvalue weighted by atomic mass is 9.83. The maximum Gasteiger partial charge on any atom is 0.317 e. The quantitative estimate of drug-likeness (QED) is 0.688. The Morgan fingerprint density at radius 1 is 1.14 bits per heavy atom. The first-order chi connectivity index (χ1) is 14.2. The van der Waals surface area contributed by atoms with Crippen LogP contribution in [0.25, 0.3) is 0 Å². The van der Waals surface area contributed by atoms with Gasteiger partial charge in [0.25, 0.3) is 0 Å². The number of ether oxygens (including phenoxy) is 2. The van der Waals surface area contributed by atoms with Gasteiger partial charge in [-0.15, -0.1) is 0 Å². The highest BCUT2D eigenvalue weighted by Gasteiger charge is 2.34. The number of methoxy groups -OCH3 is 2. The van der Waals surface area contributed by atoms with Crippen LogP contribution in [0.1, 0.15) is 37.7 Å². The zero-order valence-electron chi connectivity index (χ0n) is 18.1. The van der Waals surface area contributed by atoms with Gasteiger partial charge in [-0.1, -0.05) is 18.6 Å². The Bertz CT molecular complexity index is 620. The molecule has 0 aliphatic carbocycles. The molecule has 0 spiro atoms. The molecule has 2 heterocycles. The van der Waals surface area contributed by atoms with Gasteiger partial charge in [0.2, 0.25) is 0 Å². The van der Waals surface area contributed by atoms with Crippen LogP contribution in [0.15, 0.2) is 24.3 Å². The minimum atomic E-state index is 0.0310.